The number of nitrogens with zero attached hydrogens (tertiary/aromatic N) is 1. The Morgan fingerprint density at radius 2 is 2.08 bits per heavy atom. The van der Waals surface area contributed by atoms with Gasteiger partial charge in [0.2, 0.25) is 5.56 Å². The third-order valence-corrected chi connectivity index (χ3v) is 4.01. The van der Waals surface area contributed by atoms with Crippen molar-refractivity contribution < 1.29 is 9.53 Å². The van der Waals surface area contributed by atoms with E-state index in [9.17, 15) is 9.59 Å². The first kappa shape index (κ1) is 16.4. The second kappa shape index (κ2) is 7.90. The molecule has 126 valence electrons. The zero-order chi connectivity index (χ0) is 16.8. The van der Waals surface area contributed by atoms with Gasteiger partial charge in [-0.1, -0.05) is 30.3 Å². The van der Waals surface area contributed by atoms with Gasteiger partial charge in [0.05, 0.1) is 18.3 Å². The van der Waals surface area contributed by atoms with Crippen LogP contribution in [0.25, 0.3) is 0 Å². The number of carbonyl (C=O) groups excluding carboxylic acids is 1. The summed E-state index contributed by atoms with van der Waals surface area (Å²) in [5.41, 5.74) is 1.49. The number of H-pyrrole nitrogens is 1. The number of amides is 1. The Kier molecular flexibility index (Phi) is 5.40. The highest BCUT2D eigenvalue weighted by Crippen LogP contribution is 2.10. The van der Waals surface area contributed by atoms with Crippen molar-refractivity contribution in [1.29, 1.82) is 0 Å². The topological polar surface area (TPSA) is 74.4 Å². The molecule has 0 unspecified atom stereocenters. The molecule has 2 aromatic rings. The van der Waals surface area contributed by atoms with E-state index in [4.69, 9.17) is 4.74 Å². The van der Waals surface area contributed by atoms with Crippen LogP contribution in [0, 0.1) is 0 Å². The standard InChI is InChI=1S/C18H21N3O3/c22-17-7-6-15(10-19-17)18(23)20-11-16-13-21(8-9-24-16)12-14-4-2-1-3-5-14/h1-7,10,16H,8-9,11-13H2,(H,19,22)(H,20,23)/t16-/m0/s1. The minimum atomic E-state index is -0.223. The Morgan fingerprint density at radius 1 is 1.25 bits per heavy atom. The van der Waals surface area contributed by atoms with Crippen LogP contribution in [0.2, 0.25) is 0 Å². The van der Waals surface area contributed by atoms with E-state index in [0.29, 0.717) is 18.7 Å². The van der Waals surface area contributed by atoms with Gasteiger partial charge in [-0.3, -0.25) is 14.5 Å². The van der Waals surface area contributed by atoms with E-state index in [2.05, 4.69) is 27.3 Å². The van der Waals surface area contributed by atoms with Crippen molar-refractivity contribution in [1.82, 2.24) is 15.2 Å². The summed E-state index contributed by atoms with van der Waals surface area (Å²) in [5.74, 6) is -0.213. The predicted octanol–water partition coefficient (Wildman–Crippen LogP) is 1.01. The molecule has 3 rings (SSSR count). The largest absolute Gasteiger partial charge is 0.374 e. The molecule has 2 heterocycles. The van der Waals surface area contributed by atoms with Gasteiger partial charge < -0.3 is 15.0 Å². The first-order valence-corrected chi connectivity index (χ1v) is 8.05. The normalized spacial score (nSPS) is 18.2. The van der Waals surface area contributed by atoms with Crippen molar-refractivity contribution in [2.45, 2.75) is 12.6 Å². The van der Waals surface area contributed by atoms with Gasteiger partial charge in [-0.2, -0.15) is 0 Å². The summed E-state index contributed by atoms with van der Waals surface area (Å²) >= 11 is 0. The molecule has 0 spiro atoms. The van der Waals surface area contributed by atoms with Crippen LogP contribution in [0.15, 0.2) is 53.5 Å². The van der Waals surface area contributed by atoms with Gasteiger partial charge in [0.25, 0.3) is 5.91 Å². The molecule has 6 heteroatoms. The third kappa shape index (κ3) is 4.53. The Labute approximate surface area is 140 Å². The molecule has 1 amide bonds. The molecular formula is C18H21N3O3. The first-order valence-electron chi connectivity index (χ1n) is 8.05. The lowest BCUT2D eigenvalue weighted by atomic mass is 10.2. The van der Waals surface area contributed by atoms with Gasteiger partial charge in [0.1, 0.15) is 0 Å². The number of aromatic nitrogens is 1. The summed E-state index contributed by atoms with van der Waals surface area (Å²) in [4.78, 5) is 27.9. The Balaban J connectivity index is 1.49. The number of rotatable bonds is 5. The molecule has 1 atom stereocenters. The van der Waals surface area contributed by atoms with Crippen molar-refractivity contribution >= 4 is 5.91 Å². The molecule has 6 nitrogen and oxygen atoms in total. The highest BCUT2D eigenvalue weighted by atomic mass is 16.5. The van der Waals surface area contributed by atoms with Crippen LogP contribution in [0.3, 0.4) is 0 Å². The molecule has 1 aromatic heterocycles. The minimum absolute atomic E-state index is 0.0332. The maximum absolute atomic E-state index is 12.1. The molecule has 0 bridgehead atoms. The van der Waals surface area contributed by atoms with E-state index in [0.717, 1.165) is 19.6 Å². The van der Waals surface area contributed by atoms with Crippen LogP contribution in [-0.2, 0) is 11.3 Å². The number of pyridine rings is 1. The van der Waals surface area contributed by atoms with Gasteiger partial charge in [-0.15, -0.1) is 0 Å². The van der Waals surface area contributed by atoms with E-state index in [1.807, 2.05) is 18.2 Å². The Morgan fingerprint density at radius 3 is 2.83 bits per heavy atom. The van der Waals surface area contributed by atoms with Gasteiger partial charge in [0, 0.05) is 38.4 Å². The summed E-state index contributed by atoms with van der Waals surface area (Å²) in [5, 5.41) is 2.86. The van der Waals surface area contributed by atoms with Crippen molar-refractivity contribution in [2.75, 3.05) is 26.2 Å². The molecule has 1 aromatic carbocycles. The number of hydrogen-bond donors (Lipinski definition) is 2. The number of nitrogens with one attached hydrogen (secondary N) is 2. The van der Waals surface area contributed by atoms with Crippen molar-refractivity contribution in [2.24, 2.45) is 0 Å². The predicted molar refractivity (Wildman–Crippen MR) is 90.9 cm³/mol. The van der Waals surface area contributed by atoms with Crippen molar-refractivity contribution in [3.63, 3.8) is 0 Å². The average Bonchev–Trinajstić information content (AvgIpc) is 2.61. The Hall–Kier alpha value is -2.44. The monoisotopic (exact) mass is 327 g/mol. The third-order valence-electron chi connectivity index (χ3n) is 4.01. The van der Waals surface area contributed by atoms with Crippen LogP contribution in [0.4, 0.5) is 0 Å². The van der Waals surface area contributed by atoms with Crippen molar-refractivity contribution in [3.05, 3.63) is 70.1 Å². The van der Waals surface area contributed by atoms with Crippen LogP contribution >= 0.6 is 0 Å². The number of aromatic amines is 1. The van der Waals surface area contributed by atoms with E-state index in [-0.39, 0.29) is 17.6 Å². The zero-order valence-corrected chi connectivity index (χ0v) is 13.4. The van der Waals surface area contributed by atoms with Gasteiger partial charge in [-0.25, -0.2) is 0 Å². The molecular weight excluding hydrogens is 306 g/mol. The molecule has 1 fully saturated rings. The first-order chi connectivity index (χ1) is 11.7. The number of benzene rings is 1. The van der Waals surface area contributed by atoms with Crippen LogP contribution in [-0.4, -0.2) is 48.1 Å². The van der Waals surface area contributed by atoms with Gasteiger partial charge in [0.15, 0.2) is 0 Å². The summed E-state index contributed by atoms with van der Waals surface area (Å²) in [6, 6.07) is 13.2. The molecule has 1 saturated heterocycles. The smallest absolute Gasteiger partial charge is 0.252 e. The highest BCUT2D eigenvalue weighted by Gasteiger charge is 2.21. The van der Waals surface area contributed by atoms with Crippen LogP contribution < -0.4 is 10.9 Å². The quantitative estimate of drug-likeness (QED) is 0.859. The number of hydrogen-bond acceptors (Lipinski definition) is 4. The molecule has 24 heavy (non-hydrogen) atoms. The lowest BCUT2D eigenvalue weighted by Gasteiger charge is -2.33. The molecule has 0 radical (unpaired) electrons. The summed E-state index contributed by atoms with van der Waals surface area (Å²) < 4.78 is 5.74. The molecule has 0 aliphatic carbocycles. The van der Waals surface area contributed by atoms with E-state index < -0.39 is 0 Å². The molecule has 0 saturated carbocycles. The Bertz CT molecular complexity index is 709. The van der Waals surface area contributed by atoms with Gasteiger partial charge in [-0.05, 0) is 11.6 Å². The summed E-state index contributed by atoms with van der Waals surface area (Å²) in [6.45, 7) is 3.66. The zero-order valence-electron chi connectivity index (χ0n) is 13.4. The number of morpholine rings is 1. The van der Waals surface area contributed by atoms with Crippen LogP contribution in [0.5, 0.6) is 0 Å². The summed E-state index contributed by atoms with van der Waals surface area (Å²) in [7, 11) is 0. The fourth-order valence-corrected chi connectivity index (χ4v) is 2.75. The van der Waals surface area contributed by atoms with E-state index in [1.54, 1.807) is 0 Å². The maximum Gasteiger partial charge on any atom is 0.252 e. The summed E-state index contributed by atoms with van der Waals surface area (Å²) in [6.07, 6.45) is 1.38. The number of ether oxygens (including phenoxy) is 1. The fourth-order valence-electron chi connectivity index (χ4n) is 2.75. The lowest BCUT2D eigenvalue weighted by Crippen LogP contribution is -2.47. The second-order valence-electron chi connectivity index (χ2n) is 5.87. The van der Waals surface area contributed by atoms with Crippen molar-refractivity contribution in [3.8, 4) is 0 Å². The average molecular weight is 327 g/mol. The highest BCUT2D eigenvalue weighted by molar-refractivity contribution is 5.93. The fraction of sp³-hybridized carbons (Fsp3) is 0.333. The molecule has 1 aliphatic rings. The van der Waals surface area contributed by atoms with Crippen LogP contribution in [0.1, 0.15) is 15.9 Å². The number of carbonyl (C=O) groups is 1. The van der Waals surface area contributed by atoms with Gasteiger partial charge >= 0.3 is 0 Å². The maximum atomic E-state index is 12.1. The molecule has 1 aliphatic heterocycles. The second-order valence-corrected chi connectivity index (χ2v) is 5.87. The molecule has 2 N–H and O–H groups in total. The SMILES string of the molecule is O=C(NC[C@H]1CN(Cc2ccccc2)CCO1)c1ccc(=O)[nH]c1. The van der Waals surface area contributed by atoms with E-state index >= 15 is 0 Å². The lowest BCUT2D eigenvalue weighted by molar-refractivity contribution is -0.0292. The van der Waals surface area contributed by atoms with E-state index in [1.165, 1.54) is 23.9 Å². The minimum Gasteiger partial charge on any atom is -0.374 e.